The molecule has 1 atom stereocenters. The number of carbonyl (C=O) groups is 1. The molecule has 0 aromatic carbocycles. The first-order valence-corrected chi connectivity index (χ1v) is 8.62. The van der Waals surface area contributed by atoms with Crippen molar-refractivity contribution in [3.63, 3.8) is 0 Å². The summed E-state index contributed by atoms with van der Waals surface area (Å²) in [6.45, 7) is 11.0. The lowest BCUT2D eigenvalue weighted by atomic mass is 10.0. The molecule has 0 spiro atoms. The van der Waals surface area contributed by atoms with Gasteiger partial charge in [0, 0.05) is 25.2 Å². The van der Waals surface area contributed by atoms with Crippen LogP contribution in [0.2, 0.25) is 0 Å². The molecule has 0 bridgehead atoms. The Morgan fingerprint density at radius 1 is 1.33 bits per heavy atom. The van der Waals surface area contributed by atoms with Crippen LogP contribution in [0.4, 0.5) is 0 Å². The molecule has 2 aromatic rings. The Hall–Kier alpha value is -2.04. The van der Waals surface area contributed by atoms with Gasteiger partial charge in [-0.15, -0.1) is 0 Å². The van der Waals surface area contributed by atoms with Gasteiger partial charge in [-0.1, -0.05) is 13.8 Å². The molecule has 5 heteroatoms. The molecule has 2 rings (SSSR count). The second kappa shape index (κ2) is 7.69. The van der Waals surface area contributed by atoms with E-state index in [-0.39, 0.29) is 11.9 Å². The number of amides is 1. The van der Waals surface area contributed by atoms with E-state index in [1.165, 1.54) is 5.56 Å². The number of aromatic nitrogens is 2. The molecule has 0 fully saturated rings. The summed E-state index contributed by atoms with van der Waals surface area (Å²) in [7, 11) is 1.94. The zero-order valence-electron chi connectivity index (χ0n) is 15.7. The molecule has 0 saturated heterocycles. The van der Waals surface area contributed by atoms with Crippen LogP contribution in [0.3, 0.4) is 0 Å². The zero-order chi connectivity index (χ0) is 17.9. The quantitative estimate of drug-likeness (QED) is 0.778. The Kier molecular flexibility index (Phi) is 5.86. The number of rotatable bonds is 7. The van der Waals surface area contributed by atoms with Crippen LogP contribution in [0, 0.1) is 19.8 Å². The van der Waals surface area contributed by atoms with Crippen LogP contribution in [-0.4, -0.2) is 26.6 Å². The van der Waals surface area contributed by atoms with Crippen LogP contribution in [0.1, 0.15) is 49.9 Å². The Morgan fingerprint density at radius 3 is 2.54 bits per heavy atom. The maximum atomic E-state index is 12.9. The van der Waals surface area contributed by atoms with Gasteiger partial charge in [-0.05, 0) is 50.8 Å². The van der Waals surface area contributed by atoms with E-state index in [9.17, 15) is 4.79 Å². The summed E-state index contributed by atoms with van der Waals surface area (Å²) in [5.41, 5.74) is 3.33. The molecule has 132 valence electrons. The first-order chi connectivity index (χ1) is 11.3. The average molecular weight is 331 g/mol. The third kappa shape index (κ3) is 4.08. The largest absolute Gasteiger partial charge is 0.467 e. The lowest BCUT2D eigenvalue weighted by molar-refractivity contribution is -0.135. The second-order valence-electron chi connectivity index (χ2n) is 6.86. The SMILES string of the molecule is Cc1nn(C)c(C)c1CCC(=O)N(Cc1ccco1)[C@@H](C)C(C)C. The van der Waals surface area contributed by atoms with Crippen molar-refractivity contribution in [3.05, 3.63) is 41.1 Å². The van der Waals surface area contributed by atoms with Gasteiger partial charge in [-0.3, -0.25) is 9.48 Å². The van der Waals surface area contributed by atoms with Crippen LogP contribution >= 0.6 is 0 Å². The van der Waals surface area contributed by atoms with Gasteiger partial charge in [0.05, 0.1) is 18.5 Å². The van der Waals surface area contributed by atoms with Crippen molar-refractivity contribution >= 4 is 5.91 Å². The zero-order valence-corrected chi connectivity index (χ0v) is 15.7. The van der Waals surface area contributed by atoms with Gasteiger partial charge in [0.2, 0.25) is 5.91 Å². The fourth-order valence-corrected chi connectivity index (χ4v) is 2.94. The fraction of sp³-hybridized carbons (Fsp3) is 0.579. The Bertz CT molecular complexity index is 671. The number of nitrogens with zero attached hydrogens (tertiary/aromatic N) is 3. The van der Waals surface area contributed by atoms with Crippen LogP contribution in [0.25, 0.3) is 0 Å². The molecule has 5 nitrogen and oxygen atoms in total. The van der Waals surface area contributed by atoms with Crippen LogP contribution in [-0.2, 0) is 24.8 Å². The highest BCUT2D eigenvalue weighted by Gasteiger charge is 2.24. The van der Waals surface area contributed by atoms with E-state index in [1.807, 2.05) is 35.7 Å². The molecule has 0 radical (unpaired) electrons. The van der Waals surface area contributed by atoms with Crippen molar-refractivity contribution in [2.75, 3.05) is 0 Å². The number of hydrogen-bond donors (Lipinski definition) is 0. The van der Waals surface area contributed by atoms with Gasteiger partial charge in [-0.2, -0.15) is 5.10 Å². The van der Waals surface area contributed by atoms with Gasteiger partial charge in [0.25, 0.3) is 0 Å². The molecule has 0 aliphatic rings. The summed E-state index contributed by atoms with van der Waals surface area (Å²) < 4.78 is 7.32. The third-order valence-electron chi connectivity index (χ3n) is 4.93. The summed E-state index contributed by atoms with van der Waals surface area (Å²) in [5, 5.41) is 4.43. The number of furan rings is 1. The van der Waals surface area contributed by atoms with E-state index in [0.717, 1.165) is 23.6 Å². The summed E-state index contributed by atoms with van der Waals surface area (Å²) in [4.78, 5) is 14.8. The topological polar surface area (TPSA) is 51.3 Å². The summed E-state index contributed by atoms with van der Waals surface area (Å²) in [6, 6.07) is 3.95. The average Bonchev–Trinajstić information content (AvgIpc) is 3.11. The van der Waals surface area contributed by atoms with Crippen molar-refractivity contribution < 1.29 is 9.21 Å². The third-order valence-corrected chi connectivity index (χ3v) is 4.93. The minimum absolute atomic E-state index is 0.162. The van der Waals surface area contributed by atoms with E-state index in [0.29, 0.717) is 18.9 Å². The molecule has 0 aliphatic carbocycles. The molecule has 0 N–H and O–H groups in total. The molecule has 24 heavy (non-hydrogen) atoms. The van der Waals surface area contributed by atoms with Gasteiger partial charge in [-0.25, -0.2) is 0 Å². The van der Waals surface area contributed by atoms with E-state index in [2.05, 4.69) is 32.8 Å². The van der Waals surface area contributed by atoms with Crippen molar-refractivity contribution in [1.29, 1.82) is 0 Å². The van der Waals surface area contributed by atoms with Crippen molar-refractivity contribution in [2.45, 2.75) is 60.0 Å². The van der Waals surface area contributed by atoms with Gasteiger partial charge in [0.1, 0.15) is 5.76 Å². The monoisotopic (exact) mass is 331 g/mol. The first kappa shape index (κ1) is 18.3. The van der Waals surface area contributed by atoms with E-state index < -0.39 is 0 Å². The Labute approximate surface area is 144 Å². The number of carbonyl (C=O) groups excluding carboxylic acids is 1. The minimum Gasteiger partial charge on any atom is -0.467 e. The second-order valence-corrected chi connectivity index (χ2v) is 6.86. The normalized spacial score (nSPS) is 12.6. The van der Waals surface area contributed by atoms with Gasteiger partial charge >= 0.3 is 0 Å². The number of hydrogen-bond acceptors (Lipinski definition) is 3. The van der Waals surface area contributed by atoms with Crippen molar-refractivity contribution in [2.24, 2.45) is 13.0 Å². The van der Waals surface area contributed by atoms with Gasteiger partial charge < -0.3 is 9.32 Å². The highest BCUT2D eigenvalue weighted by Crippen LogP contribution is 2.19. The predicted octanol–water partition coefficient (Wildman–Crippen LogP) is 3.64. The molecule has 1 amide bonds. The fourth-order valence-electron chi connectivity index (χ4n) is 2.94. The maximum Gasteiger partial charge on any atom is 0.223 e. The summed E-state index contributed by atoms with van der Waals surface area (Å²) in [5.74, 6) is 1.38. The molecule has 0 unspecified atom stereocenters. The van der Waals surface area contributed by atoms with Crippen LogP contribution in [0.5, 0.6) is 0 Å². The predicted molar refractivity (Wildman–Crippen MR) is 94.6 cm³/mol. The molecule has 2 aromatic heterocycles. The lowest BCUT2D eigenvalue weighted by Crippen LogP contribution is -2.41. The van der Waals surface area contributed by atoms with Crippen LogP contribution < -0.4 is 0 Å². The molecule has 2 heterocycles. The number of aryl methyl sites for hydroxylation is 2. The highest BCUT2D eigenvalue weighted by atomic mass is 16.3. The molecular formula is C19H29N3O2. The first-order valence-electron chi connectivity index (χ1n) is 8.62. The standard InChI is InChI=1S/C19H29N3O2/c1-13(2)15(4)22(12-17-8-7-11-24-17)19(23)10-9-18-14(3)20-21(6)16(18)5/h7-8,11,13,15H,9-10,12H2,1-6H3/t15-/m0/s1. The van der Waals surface area contributed by atoms with E-state index >= 15 is 0 Å². The molecule has 0 saturated carbocycles. The molecular weight excluding hydrogens is 302 g/mol. The summed E-state index contributed by atoms with van der Waals surface area (Å²) >= 11 is 0. The van der Waals surface area contributed by atoms with E-state index in [4.69, 9.17) is 4.42 Å². The molecule has 0 aliphatic heterocycles. The van der Waals surface area contributed by atoms with Crippen LogP contribution in [0.15, 0.2) is 22.8 Å². The maximum absolute atomic E-state index is 12.9. The van der Waals surface area contributed by atoms with Gasteiger partial charge in [0.15, 0.2) is 0 Å². The van der Waals surface area contributed by atoms with E-state index in [1.54, 1.807) is 6.26 Å². The lowest BCUT2D eigenvalue weighted by Gasteiger charge is -2.31. The Morgan fingerprint density at radius 2 is 2.04 bits per heavy atom. The highest BCUT2D eigenvalue weighted by molar-refractivity contribution is 5.76. The Balaban J connectivity index is 2.09. The smallest absolute Gasteiger partial charge is 0.223 e. The van der Waals surface area contributed by atoms with Crippen molar-refractivity contribution in [3.8, 4) is 0 Å². The summed E-state index contributed by atoms with van der Waals surface area (Å²) in [6.07, 6.45) is 2.87. The van der Waals surface area contributed by atoms with Crippen molar-refractivity contribution in [1.82, 2.24) is 14.7 Å². The minimum atomic E-state index is 0.162.